The molecule has 1 heteroatoms. The number of carbonyl (C=O) groups excluding carboxylic acids is 1. The molecule has 0 heterocycles. The first kappa shape index (κ1) is 12.2. The molecule has 0 spiro atoms. The van der Waals surface area contributed by atoms with E-state index in [4.69, 9.17) is 0 Å². The minimum Gasteiger partial charge on any atom is -0.303 e. The van der Waals surface area contributed by atoms with E-state index in [9.17, 15) is 4.79 Å². The van der Waals surface area contributed by atoms with Gasteiger partial charge in [-0.15, -0.1) is 0 Å². The van der Waals surface area contributed by atoms with Crippen molar-refractivity contribution >= 4 is 6.29 Å². The van der Waals surface area contributed by atoms with Gasteiger partial charge in [0.05, 0.1) is 0 Å². The Morgan fingerprint density at radius 2 is 1.46 bits per heavy atom. The summed E-state index contributed by atoms with van der Waals surface area (Å²) in [4.78, 5) is 9.99. The molecule has 0 aliphatic heterocycles. The molecule has 0 bridgehead atoms. The molecule has 0 aromatic rings. The van der Waals surface area contributed by atoms with Crippen LogP contribution >= 0.6 is 0 Å². The first-order chi connectivity index (χ1) is 6.41. The quantitative estimate of drug-likeness (QED) is 0.316. The van der Waals surface area contributed by atoms with E-state index in [2.05, 4.69) is 24.3 Å². The number of carbonyl (C=O) groups is 1. The molecule has 0 aliphatic carbocycles. The minimum absolute atomic E-state index is 0.715. The predicted molar refractivity (Wildman–Crippen MR) is 57.7 cm³/mol. The zero-order valence-corrected chi connectivity index (χ0v) is 8.54. The van der Waals surface area contributed by atoms with Crippen LogP contribution in [0.5, 0.6) is 0 Å². The highest BCUT2D eigenvalue weighted by atomic mass is 16.1. The average molecular weight is 180 g/mol. The third-order valence-corrected chi connectivity index (χ3v) is 1.85. The lowest BCUT2D eigenvalue weighted by molar-refractivity contribution is -0.107. The molecular weight excluding hydrogens is 160 g/mol. The van der Waals surface area contributed by atoms with Crippen LogP contribution in [0.4, 0.5) is 0 Å². The van der Waals surface area contributed by atoms with Gasteiger partial charge in [0.2, 0.25) is 0 Å². The molecule has 0 radical (unpaired) electrons. The molecular formula is C12H20O. The van der Waals surface area contributed by atoms with Crippen LogP contribution in [0.15, 0.2) is 24.3 Å². The first-order valence-electron chi connectivity index (χ1n) is 5.11. The molecule has 0 aromatic heterocycles. The number of allylic oxidation sites excluding steroid dienone is 4. The van der Waals surface area contributed by atoms with Crippen molar-refractivity contribution in [1.29, 1.82) is 0 Å². The lowest BCUT2D eigenvalue weighted by atomic mass is 10.2. The highest BCUT2D eigenvalue weighted by molar-refractivity contribution is 5.48. The predicted octanol–water partition coefficient (Wildman–Crippen LogP) is 3.66. The van der Waals surface area contributed by atoms with Gasteiger partial charge in [-0.05, 0) is 39.0 Å². The van der Waals surface area contributed by atoms with E-state index in [1.54, 1.807) is 0 Å². The Morgan fingerprint density at radius 1 is 0.846 bits per heavy atom. The van der Waals surface area contributed by atoms with Gasteiger partial charge < -0.3 is 4.79 Å². The van der Waals surface area contributed by atoms with Crippen LogP contribution in [0, 0.1) is 0 Å². The van der Waals surface area contributed by atoms with Gasteiger partial charge in [-0.25, -0.2) is 0 Å². The van der Waals surface area contributed by atoms with E-state index >= 15 is 0 Å². The molecule has 0 saturated carbocycles. The fourth-order valence-corrected chi connectivity index (χ4v) is 1.08. The van der Waals surface area contributed by atoms with E-state index in [1.807, 2.05) is 6.92 Å². The number of unbranched alkanes of at least 4 members (excludes halogenated alkanes) is 4. The molecule has 0 N–H and O–H groups in total. The summed E-state index contributed by atoms with van der Waals surface area (Å²) in [5.74, 6) is 0. The number of hydrogen-bond donors (Lipinski definition) is 0. The van der Waals surface area contributed by atoms with Crippen molar-refractivity contribution in [2.45, 2.75) is 45.4 Å². The topological polar surface area (TPSA) is 17.1 Å². The third kappa shape index (κ3) is 11.1. The van der Waals surface area contributed by atoms with E-state index in [1.165, 1.54) is 0 Å². The van der Waals surface area contributed by atoms with Crippen molar-refractivity contribution in [1.82, 2.24) is 0 Å². The molecule has 13 heavy (non-hydrogen) atoms. The molecule has 1 nitrogen and oxygen atoms in total. The zero-order chi connectivity index (χ0) is 9.78. The average Bonchev–Trinajstić information content (AvgIpc) is 2.16. The van der Waals surface area contributed by atoms with E-state index in [0.717, 1.165) is 38.4 Å². The molecule has 0 amide bonds. The Labute approximate surface area is 81.5 Å². The summed E-state index contributed by atoms with van der Waals surface area (Å²) in [6, 6.07) is 0. The molecule has 0 unspecified atom stereocenters. The largest absolute Gasteiger partial charge is 0.303 e. The molecule has 0 rings (SSSR count). The second kappa shape index (κ2) is 11.2. The Balaban J connectivity index is 3.07. The second-order valence-corrected chi connectivity index (χ2v) is 3.07. The normalized spacial score (nSPS) is 11.5. The summed E-state index contributed by atoms with van der Waals surface area (Å²) < 4.78 is 0. The van der Waals surface area contributed by atoms with Gasteiger partial charge in [-0.2, -0.15) is 0 Å². The fraction of sp³-hybridized carbons (Fsp3) is 0.583. The Bertz CT molecular complexity index is 157. The zero-order valence-electron chi connectivity index (χ0n) is 8.54. The first-order valence-corrected chi connectivity index (χ1v) is 5.11. The summed E-state index contributed by atoms with van der Waals surface area (Å²) in [5, 5.41) is 0. The molecule has 74 valence electrons. The van der Waals surface area contributed by atoms with Gasteiger partial charge in [-0.1, -0.05) is 24.3 Å². The van der Waals surface area contributed by atoms with Crippen LogP contribution < -0.4 is 0 Å². The van der Waals surface area contributed by atoms with Crippen molar-refractivity contribution in [3.8, 4) is 0 Å². The van der Waals surface area contributed by atoms with Crippen molar-refractivity contribution in [3.63, 3.8) is 0 Å². The van der Waals surface area contributed by atoms with Gasteiger partial charge in [-0.3, -0.25) is 0 Å². The molecule has 0 aliphatic rings. The van der Waals surface area contributed by atoms with Gasteiger partial charge in [0, 0.05) is 6.42 Å². The summed E-state index contributed by atoms with van der Waals surface area (Å²) >= 11 is 0. The highest BCUT2D eigenvalue weighted by Gasteiger charge is 1.83. The van der Waals surface area contributed by atoms with Gasteiger partial charge >= 0.3 is 0 Å². The second-order valence-electron chi connectivity index (χ2n) is 3.07. The van der Waals surface area contributed by atoms with E-state index < -0.39 is 0 Å². The maximum absolute atomic E-state index is 9.99. The smallest absolute Gasteiger partial charge is 0.119 e. The van der Waals surface area contributed by atoms with Crippen LogP contribution in [-0.2, 0) is 4.79 Å². The fourth-order valence-electron chi connectivity index (χ4n) is 1.08. The summed E-state index contributed by atoms with van der Waals surface area (Å²) in [6.07, 6.45) is 16.0. The Kier molecular flexibility index (Phi) is 10.4. The monoisotopic (exact) mass is 180 g/mol. The van der Waals surface area contributed by atoms with E-state index in [0.29, 0.717) is 6.42 Å². The van der Waals surface area contributed by atoms with Crippen LogP contribution in [0.1, 0.15) is 45.4 Å². The van der Waals surface area contributed by atoms with Crippen LogP contribution in [0.2, 0.25) is 0 Å². The van der Waals surface area contributed by atoms with Gasteiger partial charge in [0.15, 0.2) is 0 Å². The lowest BCUT2D eigenvalue weighted by Crippen LogP contribution is -1.76. The number of aldehydes is 1. The van der Waals surface area contributed by atoms with E-state index in [-0.39, 0.29) is 0 Å². The molecule has 0 aromatic carbocycles. The number of rotatable bonds is 8. The SMILES string of the molecule is C/C=C/CC/C=C/CCCCC=O. The van der Waals surface area contributed by atoms with Crippen molar-refractivity contribution < 1.29 is 4.79 Å². The minimum atomic E-state index is 0.715. The molecule has 0 atom stereocenters. The maximum atomic E-state index is 9.99. The van der Waals surface area contributed by atoms with Crippen molar-refractivity contribution in [2.75, 3.05) is 0 Å². The van der Waals surface area contributed by atoms with Crippen LogP contribution in [-0.4, -0.2) is 6.29 Å². The highest BCUT2D eigenvalue weighted by Crippen LogP contribution is 2.00. The van der Waals surface area contributed by atoms with Gasteiger partial charge in [0.1, 0.15) is 6.29 Å². The molecule has 0 saturated heterocycles. The van der Waals surface area contributed by atoms with Crippen LogP contribution in [0.25, 0.3) is 0 Å². The van der Waals surface area contributed by atoms with Crippen molar-refractivity contribution in [2.24, 2.45) is 0 Å². The summed E-state index contributed by atoms with van der Waals surface area (Å²) in [7, 11) is 0. The Hall–Kier alpha value is -0.850. The Morgan fingerprint density at radius 3 is 2.15 bits per heavy atom. The maximum Gasteiger partial charge on any atom is 0.119 e. The summed E-state index contributed by atoms with van der Waals surface area (Å²) in [6.45, 7) is 2.04. The molecule has 0 fully saturated rings. The summed E-state index contributed by atoms with van der Waals surface area (Å²) in [5.41, 5.74) is 0. The van der Waals surface area contributed by atoms with Crippen molar-refractivity contribution in [3.05, 3.63) is 24.3 Å². The number of hydrogen-bond acceptors (Lipinski definition) is 1. The third-order valence-electron chi connectivity index (χ3n) is 1.85. The van der Waals surface area contributed by atoms with Gasteiger partial charge in [0.25, 0.3) is 0 Å². The lowest BCUT2D eigenvalue weighted by Gasteiger charge is -1.90. The standard InChI is InChI=1S/C12H20O/c1-2-3-4-5-6-7-8-9-10-11-12-13/h2-3,6-7,12H,4-5,8-11H2,1H3/b3-2+,7-6+. The van der Waals surface area contributed by atoms with Crippen LogP contribution in [0.3, 0.4) is 0 Å².